The van der Waals surface area contributed by atoms with Crippen molar-refractivity contribution in [1.29, 1.82) is 0 Å². The summed E-state index contributed by atoms with van der Waals surface area (Å²) in [6, 6.07) is 7.32. The molecule has 3 atom stereocenters. The van der Waals surface area contributed by atoms with Gasteiger partial charge in [0.25, 0.3) is 0 Å². The summed E-state index contributed by atoms with van der Waals surface area (Å²) >= 11 is 0. The van der Waals surface area contributed by atoms with Gasteiger partial charge in [-0.1, -0.05) is 55.5 Å². The average Bonchev–Trinajstić information content (AvgIpc) is 3.46. The summed E-state index contributed by atoms with van der Waals surface area (Å²) in [5.41, 5.74) is 2.26. The van der Waals surface area contributed by atoms with E-state index in [0.29, 0.717) is 64.2 Å². The van der Waals surface area contributed by atoms with Gasteiger partial charge in [-0.3, -0.25) is 24.2 Å². The van der Waals surface area contributed by atoms with Gasteiger partial charge in [0.2, 0.25) is 5.91 Å². The molecule has 2 aliphatic rings. The highest BCUT2D eigenvalue weighted by molar-refractivity contribution is 5.93. The molecule has 2 N–H and O–H groups in total. The highest BCUT2D eigenvalue weighted by Gasteiger charge is 2.32. The van der Waals surface area contributed by atoms with Crippen LogP contribution in [0.15, 0.2) is 24.3 Å². The lowest BCUT2D eigenvalue weighted by molar-refractivity contribution is -0.134. The Balaban J connectivity index is 1.72. The Morgan fingerprint density at radius 2 is 1.80 bits per heavy atom. The van der Waals surface area contributed by atoms with E-state index in [4.69, 9.17) is 4.74 Å². The normalized spacial score (nSPS) is 18.8. The Bertz CT molecular complexity index is 956. The first-order valence-electron chi connectivity index (χ1n) is 15.8. The second-order valence-corrected chi connectivity index (χ2v) is 12.4. The molecular formula is C33H53N3O5. The van der Waals surface area contributed by atoms with E-state index in [-0.39, 0.29) is 36.5 Å². The number of carbonyl (C=O) groups is 3. The fourth-order valence-corrected chi connectivity index (χ4v) is 6.22. The summed E-state index contributed by atoms with van der Waals surface area (Å²) in [7, 11) is 3.83. The van der Waals surface area contributed by atoms with Crippen molar-refractivity contribution < 1.29 is 24.2 Å². The van der Waals surface area contributed by atoms with Gasteiger partial charge in [-0.05, 0) is 71.1 Å². The number of amides is 1. The number of unbranched alkanes of at least 4 members (excludes halogenated alkanes) is 1. The molecule has 8 heteroatoms. The lowest BCUT2D eigenvalue weighted by Gasteiger charge is -2.30. The van der Waals surface area contributed by atoms with Crippen LogP contribution >= 0.6 is 0 Å². The molecule has 1 saturated heterocycles. The molecule has 1 unspecified atom stereocenters. The number of rotatable bonds is 18. The fraction of sp³-hybridized carbons (Fsp3) is 0.727. The summed E-state index contributed by atoms with van der Waals surface area (Å²) in [6.07, 6.45) is 8.08. The summed E-state index contributed by atoms with van der Waals surface area (Å²) in [6.45, 7) is 5.83. The summed E-state index contributed by atoms with van der Waals surface area (Å²) in [5.74, 6) is -0.168. The number of aliphatic hydroxyl groups is 1. The van der Waals surface area contributed by atoms with Gasteiger partial charge in [-0.15, -0.1) is 0 Å². The third-order valence-electron chi connectivity index (χ3n) is 8.79. The van der Waals surface area contributed by atoms with Crippen molar-refractivity contribution in [1.82, 2.24) is 15.1 Å². The second-order valence-electron chi connectivity index (χ2n) is 12.4. The van der Waals surface area contributed by atoms with E-state index in [1.165, 1.54) is 12.8 Å². The van der Waals surface area contributed by atoms with Crippen molar-refractivity contribution in [3.8, 4) is 0 Å². The molecule has 230 valence electrons. The Kier molecular flexibility index (Phi) is 14.4. The van der Waals surface area contributed by atoms with Crippen LogP contribution in [0.1, 0.15) is 75.3 Å². The first-order chi connectivity index (χ1) is 19.8. The predicted molar refractivity (Wildman–Crippen MR) is 162 cm³/mol. The lowest BCUT2D eigenvalue weighted by atomic mass is 9.90. The van der Waals surface area contributed by atoms with Crippen LogP contribution in [0.25, 0.3) is 0 Å². The molecule has 8 nitrogen and oxygen atoms in total. The lowest BCUT2D eigenvalue weighted by Crippen LogP contribution is -2.47. The SMILES string of the molecule is Cc1cccc(CC(C(=O)C[C@@H](CCN2CCOCC2)C(=O)N[C@@H](CCCCO)C(=O)CC2CCCC2)N(C)C)c1. The van der Waals surface area contributed by atoms with Crippen molar-refractivity contribution in [2.45, 2.75) is 89.6 Å². The van der Waals surface area contributed by atoms with Gasteiger partial charge in [-0.2, -0.15) is 0 Å². The smallest absolute Gasteiger partial charge is 0.224 e. The Morgan fingerprint density at radius 3 is 2.46 bits per heavy atom. The van der Waals surface area contributed by atoms with Crippen molar-refractivity contribution in [2.75, 3.05) is 53.6 Å². The van der Waals surface area contributed by atoms with Gasteiger partial charge in [-0.25, -0.2) is 0 Å². The molecule has 1 aromatic carbocycles. The summed E-state index contributed by atoms with van der Waals surface area (Å²) in [5, 5.41) is 12.4. The van der Waals surface area contributed by atoms with Crippen molar-refractivity contribution in [2.24, 2.45) is 11.8 Å². The number of aliphatic hydroxyl groups excluding tert-OH is 1. The van der Waals surface area contributed by atoms with Gasteiger partial charge in [0, 0.05) is 38.5 Å². The quantitative estimate of drug-likeness (QED) is 0.260. The van der Waals surface area contributed by atoms with E-state index < -0.39 is 12.0 Å². The van der Waals surface area contributed by atoms with Crippen LogP contribution in [0.2, 0.25) is 0 Å². The number of carbonyl (C=O) groups excluding carboxylic acids is 3. The zero-order chi connectivity index (χ0) is 29.6. The molecule has 1 aliphatic heterocycles. The maximum absolute atomic E-state index is 13.8. The van der Waals surface area contributed by atoms with Crippen LogP contribution in [-0.4, -0.2) is 98.0 Å². The van der Waals surface area contributed by atoms with Gasteiger partial charge in [0.1, 0.15) is 0 Å². The molecule has 1 heterocycles. The predicted octanol–water partition coefficient (Wildman–Crippen LogP) is 3.56. The third kappa shape index (κ3) is 11.6. The number of hydrogen-bond donors (Lipinski definition) is 2. The first kappa shape index (κ1) is 33.4. The number of nitrogens with zero attached hydrogens (tertiary/aromatic N) is 2. The second kappa shape index (κ2) is 17.7. The monoisotopic (exact) mass is 571 g/mol. The molecule has 3 rings (SSSR count). The number of hydrogen-bond acceptors (Lipinski definition) is 7. The molecule has 0 radical (unpaired) electrons. The van der Waals surface area contributed by atoms with Crippen LogP contribution in [-0.2, 0) is 25.5 Å². The minimum absolute atomic E-state index is 0.0488. The maximum Gasteiger partial charge on any atom is 0.224 e. The van der Waals surface area contributed by atoms with Crippen LogP contribution in [0.3, 0.4) is 0 Å². The van der Waals surface area contributed by atoms with E-state index in [1.807, 2.05) is 44.1 Å². The number of ether oxygens (including phenoxy) is 1. The molecule has 2 fully saturated rings. The molecule has 1 amide bonds. The largest absolute Gasteiger partial charge is 0.396 e. The summed E-state index contributed by atoms with van der Waals surface area (Å²) < 4.78 is 5.49. The van der Waals surface area contributed by atoms with E-state index in [2.05, 4.69) is 16.3 Å². The number of morpholine rings is 1. The molecule has 0 bridgehead atoms. The van der Waals surface area contributed by atoms with E-state index in [1.54, 1.807) is 0 Å². The zero-order valence-electron chi connectivity index (χ0n) is 25.6. The molecule has 1 aromatic rings. The van der Waals surface area contributed by atoms with Crippen molar-refractivity contribution in [3.05, 3.63) is 35.4 Å². The maximum atomic E-state index is 13.8. The summed E-state index contributed by atoms with van der Waals surface area (Å²) in [4.78, 5) is 45.1. The molecule has 1 aliphatic carbocycles. The van der Waals surface area contributed by atoms with Crippen LogP contribution in [0, 0.1) is 18.8 Å². The highest BCUT2D eigenvalue weighted by Crippen LogP contribution is 2.28. The van der Waals surface area contributed by atoms with E-state index >= 15 is 0 Å². The van der Waals surface area contributed by atoms with E-state index in [0.717, 1.165) is 37.1 Å². The first-order valence-corrected chi connectivity index (χ1v) is 15.8. The highest BCUT2D eigenvalue weighted by atomic mass is 16.5. The van der Waals surface area contributed by atoms with Crippen molar-refractivity contribution >= 4 is 17.5 Å². The molecule has 0 spiro atoms. The number of Topliss-reactive ketones (excluding diaryl/α,β-unsaturated/α-hetero) is 2. The Labute approximate surface area is 247 Å². The Morgan fingerprint density at radius 1 is 1.07 bits per heavy atom. The zero-order valence-corrected chi connectivity index (χ0v) is 25.6. The molecule has 1 saturated carbocycles. The fourth-order valence-electron chi connectivity index (χ4n) is 6.22. The number of likely N-dealkylation sites (N-methyl/N-ethyl adjacent to an activating group) is 1. The topological polar surface area (TPSA) is 99.2 Å². The van der Waals surface area contributed by atoms with E-state index in [9.17, 15) is 19.5 Å². The van der Waals surface area contributed by atoms with Gasteiger partial charge in [0.05, 0.1) is 25.3 Å². The Hall–Kier alpha value is -2.13. The number of benzene rings is 1. The minimum atomic E-state index is -0.562. The van der Waals surface area contributed by atoms with Gasteiger partial charge < -0.3 is 15.2 Å². The third-order valence-corrected chi connectivity index (χ3v) is 8.79. The van der Waals surface area contributed by atoms with Crippen LogP contribution in [0.4, 0.5) is 0 Å². The minimum Gasteiger partial charge on any atom is -0.396 e. The molecule has 41 heavy (non-hydrogen) atoms. The van der Waals surface area contributed by atoms with Crippen molar-refractivity contribution in [3.63, 3.8) is 0 Å². The number of aryl methyl sites for hydroxylation is 1. The molecular weight excluding hydrogens is 518 g/mol. The number of ketones is 2. The molecule has 0 aromatic heterocycles. The van der Waals surface area contributed by atoms with Crippen LogP contribution in [0.5, 0.6) is 0 Å². The van der Waals surface area contributed by atoms with Crippen LogP contribution < -0.4 is 5.32 Å². The average molecular weight is 572 g/mol. The van der Waals surface area contributed by atoms with Gasteiger partial charge in [0.15, 0.2) is 11.6 Å². The standard InChI is InChI=1S/C33H53N3O5/c1-25-9-8-12-27(21-25)22-30(35(2)3)32(39)24-28(14-15-36-16-19-41-20-17-36)33(40)34-29(13-6-7-18-37)31(38)23-26-10-4-5-11-26/h8-9,12,21,26,28-30,37H,4-7,10-11,13-20,22-24H2,1-3H3,(H,34,40)/t28-,29+,30?/m1/s1. The van der Waals surface area contributed by atoms with Gasteiger partial charge >= 0.3 is 0 Å². The number of nitrogens with one attached hydrogen (secondary N) is 1.